The Balaban J connectivity index is 1.55. The highest BCUT2D eigenvalue weighted by Gasteiger charge is 2.83. The van der Waals surface area contributed by atoms with Gasteiger partial charge in [-0.25, -0.2) is 4.79 Å². The fourth-order valence-electron chi connectivity index (χ4n) is 4.75. The topological polar surface area (TPSA) is 38.8 Å². The molecule has 86 valence electrons. The first-order valence-corrected chi connectivity index (χ1v) is 6.22. The fourth-order valence-corrected chi connectivity index (χ4v) is 4.75. The Morgan fingerprint density at radius 2 is 2.38 bits per heavy atom. The summed E-state index contributed by atoms with van der Waals surface area (Å²) in [6, 6.07) is 0. The van der Waals surface area contributed by atoms with Crippen LogP contribution in [-0.4, -0.2) is 23.3 Å². The van der Waals surface area contributed by atoms with Crippen LogP contribution in [0.2, 0.25) is 0 Å². The first-order chi connectivity index (χ1) is 7.69. The molecule has 1 heterocycles. The van der Waals surface area contributed by atoms with Gasteiger partial charge >= 0.3 is 5.97 Å². The molecule has 0 aromatic heterocycles. The average Bonchev–Trinajstić information content (AvgIpc) is 2.61. The number of fused-ring (bicyclic) bond motifs is 2. The molecule has 0 N–H and O–H groups in total. The third-order valence-electron chi connectivity index (χ3n) is 5.28. The molecule has 4 aliphatic rings. The van der Waals surface area contributed by atoms with Crippen LogP contribution >= 0.6 is 0 Å². The number of esters is 1. The molecule has 3 aliphatic carbocycles. The highest BCUT2D eigenvalue weighted by atomic mass is 16.6. The molecular weight excluding hydrogens is 204 g/mol. The summed E-state index contributed by atoms with van der Waals surface area (Å²) in [4.78, 5) is 11.2. The van der Waals surface area contributed by atoms with Crippen molar-refractivity contribution in [2.24, 2.45) is 11.8 Å². The lowest BCUT2D eigenvalue weighted by molar-refractivity contribution is -0.142. The maximum Gasteiger partial charge on any atom is 0.330 e. The van der Waals surface area contributed by atoms with E-state index in [2.05, 4.69) is 6.58 Å². The van der Waals surface area contributed by atoms with Gasteiger partial charge in [-0.15, -0.1) is 0 Å². The van der Waals surface area contributed by atoms with Crippen LogP contribution in [0.5, 0.6) is 0 Å². The standard InChI is InChI=1S/C13H16O3/c1-2-11(14)15-9-5-10-8-3-4-12(6-8)13(10,7-9)16-12/h2,8-10H,1,3-7H2. The molecule has 5 unspecified atom stereocenters. The van der Waals surface area contributed by atoms with E-state index in [1.807, 2.05) is 0 Å². The summed E-state index contributed by atoms with van der Waals surface area (Å²) in [5.74, 6) is 1.20. The van der Waals surface area contributed by atoms with Crippen LogP contribution in [0, 0.1) is 11.8 Å². The monoisotopic (exact) mass is 220 g/mol. The highest BCUT2D eigenvalue weighted by molar-refractivity contribution is 5.81. The quantitative estimate of drug-likeness (QED) is 0.405. The lowest BCUT2D eigenvalue weighted by Gasteiger charge is -2.20. The number of carbonyl (C=O) groups is 1. The normalized spacial score (nSPS) is 55.6. The zero-order chi connectivity index (χ0) is 11.0. The Kier molecular flexibility index (Phi) is 1.46. The zero-order valence-corrected chi connectivity index (χ0v) is 9.28. The number of epoxide rings is 1. The molecule has 2 spiro atoms. The van der Waals surface area contributed by atoms with Crippen LogP contribution in [0.15, 0.2) is 12.7 Å². The second kappa shape index (κ2) is 2.53. The first-order valence-electron chi connectivity index (χ1n) is 6.22. The molecule has 0 radical (unpaired) electrons. The van der Waals surface area contributed by atoms with Crippen LogP contribution in [0.4, 0.5) is 0 Å². The smallest absolute Gasteiger partial charge is 0.330 e. The summed E-state index contributed by atoms with van der Waals surface area (Å²) in [7, 11) is 0. The molecule has 16 heavy (non-hydrogen) atoms. The van der Waals surface area contributed by atoms with E-state index >= 15 is 0 Å². The number of carbonyl (C=O) groups excluding carboxylic acids is 1. The van der Waals surface area contributed by atoms with Crippen molar-refractivity contribution in [2.45, 2.75) is 49.4 Å². The summed E-state index contributed by atoms with van der Waals surface area (Å²) in [6.45, 7) is 3.44. The van der Waals surface area contributed by atoms with E-state index in [0.29, 0.717) is 5.92 Å². The zero-order valence-electron chi connectivity index (χ0n) is 9.28. The van der Waals surface area contributed by atoms with E-state index in [9.17, 15) is 4.79 Å². The van der Waals surface area contributed by atoms with E-state index in [1.165, 1.54) is 25.3 Å². The second-order valence-electron chi connectivity index (χ2n) is 5.80. The van der Waals surface area contributed by atoms with Crippen LogP contribution in [0.3, 0.4) is 0 Å². The molecule has 4 rings (SSSR count). The number of rotatable bonds is 2. The van der Waals surface area contributed by atoms with E-state index in [4.69, 9.17) is 9.47 Å². The maximum atomic E-state index is 11.2. The molecule has 3 heteroatoms. The van der Waals surface area contributed by atoms with Crippen LogP contribution < -0.4 is 0 Å². The van der Waals surface area contributed by atoms with Crippen molar-refractivity contribution in [1.29, 1.82) is 0 Å². The van der Waals surface area contributed by atoms with Crippen LogP contribution in [-0.2, 0) is 14.3 Å². The molecule has 0 aromatic rings. The van der Waals surface area contributed by atoms with Crippen LogP contribution in [0.1, 0.15) is 32.1 Å². The average molecular weight is 220 g/mol. The maximum absolute atomic E-state index is 11.2. The van der Waals surface area contributed by atoms with Gasteiger partial charge < -0.3 is 9.47 Å². The number of hydrogen-bond donors (Lipinski definition) is 0. The Morgan fingerprint density at radius 1 is 1.50 bits per heavy atom. The lowest BCUT2D eigenvalue weighted by atomic mass is 9.82. The molecule has 5 atom stereocenters. The summed E-state index contributed by atoms with van der Waals surface area (Å²) < 4.78 is 11.4. The van der Waals surface area contributed by atoms with Gasteiger partial charge in [0.05, 0.1) is 5.60 Å². The molecule has 4 fully saturated rings. The van der Waals surface area contributed by atoms with Crippen LogP contribution in [0.25, 0.3) is 0 Å². The minimum absolute atomic E-state index is 0.0678. The Hall–Kier alpha value is -0.830. The first kappa shape index (κ1) is 9.23. The van der Waals surface area contributed by atoms with Gasteiger partial charge in [0.1, 0.15) is 11.7 Å². The molecule has 2 bridgehead atoms. The van der Waals surface area contributed by atoms with Gasteiger partial charge in [-0.3, -0.25) is 0 Å². The highest BCUT2D eigenvalue weighted by Crippen LogP contribution is 2.77. The van der Waals surface area contributed by atoms with Crippen molar-refractivity contribution in [3.8, 4) is 0 Å². The lowest BCUT2D eigenvalue weighted by Crippen LogP contribution is -2.26. The van der Waals surface area contributed by atoms with E-state index in [1.54, 1.807) is 0 Å². The molecule has 1 saturated heterocycles. The van der Waals surface area contributed by atoms with Gasteiger partial charge in [0.15, 0.2) is 0 Å². The van der Waals surface area contributed by atoms with Crippen molar-refractivity contribution in [1.82, 2.24) is 0 Å². The van der Waals surface area contributed by atoms with Gasteiger partial charge in [-0.05, 0) is 37.5 Å². The minimum Gasteiger partial charge on any atom is -0.459 e. The molecule has 0 amide bonds. The largest absolute Gasteiger partial charge is 0.459 e. The SMILES string of the molecule is C=CC(=O)OC1CC2C3CCC4(C3)OC24C1. The minimum atomic E-state index is -0.288. The van der Waals surface area contributed by atoms with Gasteiger partial charge in [-0.1, -0.05) is 6.58 Å². The van der Waals surface area contributed by atoms with E-state index in [0.717, 1.165) is 18.8 Å². The molecule has 0 aromatic carbocycles. The summed E-state index contributed by atoms with van der Waals surface area (Å²) in [6.07, 6.45) is 7.06. The van der Waals surface area contributed by atoms with E-state index < -0.39 is 0 Å². The van der Waals surface area contributed by atoms with Crippen molar-refractivity contribution < 1.29 is 14.3 Å². The van der Waals surface area contributed by atoms with Gasteiger partial charge in [0.2, 0.25) is 0 Å². The van der Waals surface area contributed by atoms with Gasteiger partial charge in [0, 0.05) is 12.5 Å². The van der Waals surface area contributed by atoms with Gasteiger partial charge in [0.25, 0.3) is 0 Å². The second-order valence-corrected chi connectivity index (χ2v) is 5.80. The summed E-state index contributed by atoms with van der Waals surface area (Å²) >= 11 is 0. The summed E-state index contributed by atoms with van der Waals surface area (Å²) in [5, 5.41) is 0. The molecule has 3 nitrogen and oxygen atoms in total. The Bertz CT molecular complexity index is 391. The molecular formula is C13H16O3. The Labute approximate surface area is 94.8 Å². The fraction of sp³-hybridized carbons (Fsp3) is 0.769. The predicted molar refractivity (Wildman–Crippen MR) is 56.7 cm³/mol. The number of hydrogen-bond acceptors (Lipinski definition) is 3. The van der Waals surface area contributed by atoms with Crippen molar-refractivity contribution in [2.75, 3.05) is 0 Å². The molecule has 3 saturated carbocycles. The Morgan fingerprint density at radius 3 is 3.12 bits per heavy atom. The summed E-state index contributed by atoms with van der Waals surface area (Å²) in [5.41, 5.74) is 0.319. The van der Waals surface area contributed by atoms with Crippen molar-refractivity contribution in [3.63, 3.8) is 0 Å². The van der Waals surface area contributed by atoms with E-state index in [-0.39, 0.29) is 23.3 Å². The van der Waals surface area contributed by atoms with Gasteiger partial charge in [-0.2, -0.15) is 0 Å². The molecule has 1 aliphatic heterocycles. The number of ether oxygens (including phenoxy) is 2. The third-order valence-corrected chi connectivity index (χ3v) is 5.28. The third kappa shape index (κ3) is 0.841. The van der Waals surface area contributed by atoms with Crippen molar-refractivity contribution in [3.05, 3.63) is 12.7 Å². The predicted octanol–water partition coefficient (Wildman–Crippen LogP) is 1.82. The van der Waals surface area contributed by atoms with Crippen molar-refractivity contribution >= 4 is 5.97 Å².